The number of pyridine rings is 1. The summed E-state index contributed by atoms with van der Waals surface area (Å²) in [6.07, 6.45) is 6.37. The fourth-order valence-corrected chi connectivity index (χ4v) is 3.32. The van der Waals surface area contributed by atoms with Crippen LogP contribution in [0.5, 0.6) is 0 Å². The van der Waals surface area contributed by atoms with E-state index in [1.54, 1.807) is 12.3 Å². The molecule has 0 saturated heterocycles. The number of hydrogen-bond acceptors (Lipinski definition) is 5. The molecular weight excluding hydrogens is 370 g/mol. The molecule has 2 aromatic rings. The lowest BCUT2D eigenvalue weighted by Crippen LogP contribution is -2.23. The Hall–Kier alpha value is -2.28. The summed E-state index contributed by atoms with van der Waals surface area (Å²) < 4.78 is 0. The van der Waals surface area contributed by atoms with E-state index in [1.807, 2.05) is 24.3 Å². The predicted octanol–water partition coefficient (Wildman–Crippen LogP) is 3.84. The van der Waals surface area contributed by atoms with Gasteiger partial charge in [0.15, 0.2) is 0 Å². The van der Waals surface area contributed by atoms with Gasteiger partial charge in [-0.05, 0) is 24.6 Å². The molecule has 0 aliphatic carbocycles. The molecule has 0 amide bonds. The number of unbranched alkanes of at least 4 members (excludes halogenated alkanes) is 2. The SMILES string of the molecule is CCCCCC(O)c1ncc(C=CC(O)C(O)CCCC(=O)O)c2ccccc12. The van der Waals surface area contributed by atoms with Crippen LogP contribution in [0, 0.1) is 0 Å². The van der Waals surface area contributed by atoms with Gasteiger partial charge >= 0.3 is 5.97 Å². The third-order valence-electron chi connectivity index (χ3n) is 5.01. The molecule has 0 aliphatic heterocycles. The standard InChI is InChI=1S/C23H31NO5/c1-2-3-4-10-21(27)23-18-9-6-5-8-17(18)16(15-24-23)13-14-20(26)19(25)11-7-12-22(28)29/h5-6,8-9,13-15,19-21,25-27H,2-4,7,10-12H2,1H3,(H,28,29). The lowest BCUT2D eigenvalue weighted by atomic mass is 9.99. The van der Waals surface area contributed by atoms with Gasteiger partial charge in [-0.1, -0.05) is 62.6 Å². The number of aromatic nitrogens is 1. The molecule has 3 atom stereocenters. The van der Waals surface area contributed by atoms with Gasteiger partial charge in [-0.3, -0.25) is 9.78 Å². The Bertz CT molecular complexity index is 820. The van der Waals surface area contributed by atoms with Crippen LogP contribution < -0.4 is 0 Å². The van der Waals surface area contributed by atoms with E-state index in [2.05, 4.69) is 11.9 Å². The smallest absolute Gasteiger partial charge is 0.303 e. The lowest BCUT2D eigenvalue weighted by Gasteiger charge is -2.15. The van der Waals surface area contributed by atoms with E-state index in [9.17, 15) is 20.1 Å². The Balaban J connectivity index is 2.14. The molecule has 0 bridgehead atoms. The van der Waals surface area contributed by atoms with Crippen molar-refractivity contribution in [2.24, 2.45) is 0 Å². The summed E-state index contributed by atoms with van der Waals surface area (Å²) in [5.74, 6) is -0.920. The van der Waals surface area contributed by atoms with Gasteiger partial charge in [0.1, 0.15) is 0 Å². The maximum absolute atomic E-state index is 10.6. The second kappa shape index (κ2) is 11.7. The third kappa shape index (κ3) is 6.92. The van der Waals surface area contributed by atoms with Crippen molar-refractivity contribution in [1.29, 1.82) is 0 Å². The molecule has 1 aromatic heterocycles. The molecule has 0 fully saturated rings. The zero-order chi connectivity index (χ0) is 21.2. The highest BCUT2D eigenvalue weighted by Gasteiger charge is 2.16. The zero-order valence-corrected chi connectivity index (χ0v) is 16.9. The molecule has 1 aromatic carbocycles. The largest absolute Gasteiger partial charge is 0.481 e. The van der Waals surface area contributed by atoms with E-state index in [4.69, 9.17) is 5.11 Å². The minimum Gasteiger partial charge on any atom is -0.481 e. The highest BCUT2D eigenvalue weighted by Crippen LogP contribution is 2.28. The first-order valence-corrected chi connectivity index (χ1v) is 10.3. The maximum atomic E-state index is 10.6. The van der Waals surface area contributed by atoms with Crippen molar-refractivity contribution >= 4 is 22.8 Å². The molecule has 29 heavy (non-hydrogen) atoms. The zero-order valence-electron chi connectivity index (χ0n) is 16.9. The number of carboxylic acids is 1. The monoisotopic (exact) mass is 401 g/mol. The van der Waals surface area contributed by atoms with Crippen LogP contribution in [0.25, 0.3) is 16.8 Å². The number of aliphatic carboxylic acids is 1. The highest BCUT2D eigenvalue weighted by molar-refractivity contribution is 5.92. The summed E-state index contributed by atoms with van der Waals surface area (Å²) in [4.78, 5) is 15.0. The van der Waals surface area contributed by atoms with Crippen molar-refractivity contribution < 1.29 is 25.2 Å². The van der Waals surface area contributed by atoms with Gasteiger partial charge in [0.2, 0.25) is 0 Å². The fraction of sp³-hybridized carbons (Fsp3) is 0.478. The van der Waals surface area contributed by atoms with Gasteiger partial charge in [-0.15, -0.1) is 0 Å². The molecule has 0 radical (unpaired) electrons. The molecule has 2 rings (SSSR count). The minimum absolute atomic E-state index is 0.0376. The number of carbonyl (C=O) groups is 1. The molecule has 1 heterocycles. The topological polar surface area (TPSA) is 111 Å². The lowest BCUT2D eigenvalue weighted by molar-refractivity contribution is -0.137. The van der Waals surface area contributed by atoms with Crippen LogP contribution in [0.4, 0.5) is 0 Å². The van der Waals surface area contributed by atoms with Gasteiger partial charge in [-0.2, -0.15) is 0 Å². The van der Waals surface area contributed by atoms with Crippen LogP contribution in [0.15, 0.2) is 36.5 Å². The van der Waals surface area contributed by atoms with Crippen molar-refractivity contribution in [3.8, 4) is 0 Å². The molecule has 0 aliphatic rings. The quantitative estimate of drug-likeness (QED) is 0.402. The first-order valence-electron chi connectivity index (χ1n) is 10.3. The summed E-state index contributed by atoms with van der Waals surface area (Å²) in [6.45, 7) is 2.12. The first kappa shape index (κ1) is 23.0. The number of aliphatic hydroxyl groups is 3. The number of aliphatic hydroxyl groups excluding tert-OH is 3. The van der Waals surface area contributed by atoms with Crippen molar-refractivity contribution in [3.63, 3.8) is 0 Å². The normalized spacial score (nSPS) is 14.9. The summed E-state index contributed by atoms with van der Waals surface area (Å²) in [5.41, 5.74) is 1.44. The molecule has 3 unspecified atom stereocenters. The van der Waals surface area contributed by atoms with Gasteiger partial charge in [0, 0.05) is 23.6 Å². The van der Waals surface area contributed by atoms with Crippen LogP contribution in [0.3, 0.4) is 0 Å². The van der Waals surface area contributed by atoms with Crippen LogP contribution in [-0.2, 0) is 4.79 Å². The summed E-state index contributed by atoms with van der Waals surface area (Å²) >= 11 is 0. The second-order valence-corrected chi connectivity index (χ2v) is 7.36. The number of nitrogens with zero attached hydrogens (tertiary/aromatic N) is 1. The Kier molecular flexibility index (Phi) is 9.25. The van der Waals surface area contributed by atoms with E-state index in [0.29, 0.717) is 18.5 Å². The molecular formula is C23H31NO5. The third-order valence-corrected chi connectivity index (χ3v) is 5.01. The van der Waals surface area contributed by atoms with E-state index in [-0.39, 0.29) is 12.8 Å². The van der Waals surface area contributed by atoms with Crippen molar-refractivity contribution in [1.82, 2.24) is 4.98 Å². The van der Waals surface area contributed by atoms with Gasteiger partial charge in [0.25, 0.3) is 0 Å². The molecule has 6 heteroatoms. The Morgan fingerprint density at radius 2 is 1.79 bits per heavy atom. The first-order chi connectivity index (χ1) is 13.9. The van der Waals surface area contributed by atoms with Crippen LogP contribution in [0.1, 0.15) is 69.2 Å². The number of benzene rings is 1. The van der Waals surface area contributed by atoms with E-state index in [0.717, 1.165) is 35.6 Å². The predicted molar refractivity (Wildman–Crippen MR) is 113 cm³/mol. The Morgan fingerprint density at radius 3 is 2.48 bits per heavy atom. The molecule has 6 nitrogen and oxygen atoms in total. The average molecular weight is 402 g/mol. The molecule has 0 spiro atoms. The Morgan fingerprint density at radius 1 is 1.07 bits per heavy atom. The van der Waals surface area contributed by atoms with Crippen molar-refractivity contribution in [3.05, 3.63) is 47.8 Å². The number of carboxylic acid groups (broad SMARTS) is 1. The van der Waals surface area contributed by atoms with Crippen LogP contribution in [0.2, 0.25) is 0 Å². The van der Waals surface area contributed by atoms with Crippen LogP contribution in [-0.4, -0.2) is 43.6 Å². The van der Waals surface area contributed by atoms with Gasteiger partial charge < -0.3 is 20.4 Å². The minimum atomic E-state index is -1.10. The summed E-state index contributed by atoms with van der Waals surface area (Å²) in [5, 5.41) is 41.1. The number of rotatable bonds is 12. The van der Waals surface area contributed by atoms with E-state index < -0.39 is 24.3 Å². The fourth-order valence-electron chi connectivity index (χ4n) is 3.32. The molecule has 4 N–H and O–H groups in total. The molecule has 158 valence electrons. The van der Waals surface area contributed by atoms with Gasteiger partial charge in [0.05, 0.1) is 24.0 Å². The van der Waals surface area contributed by atoms with E-state index in [1.165, 1.54) is 6.08 Å². The van der Waals surface area contributed by atoms with Gasteiger partial charge in [-0.25, -0.2) is 0 Å². The summed E-state index contributed by atoms with van der Waals surface area (Å²) in [7, 11) is 0. The second-order valence-electron chi connectivity index (χ2n) is 7.36. The van der Waals surface area contributed by atoms with Crippen molar-refractivity contribution in [2.45, 2.75) is 70.2 Å². The van der Waals surface area contributed by atoms with E-state index >= 15 is 0 Å². The number of fused-ring (bicyclic) bond motifs is 1. The summed E-state index contributed by atoms with van der Waals surface area (Å²) in [6, 6.07) is 7.68. The average Bonchev–Trinajstić information content (AvgIpc) is 2.71. The van der Waals surface area contributed by atoms with Crippen molar-refractivity contribution in [2.75, 3.05) is 0 Å². The maximum Gasteiger partial charge on any atom is 0.303 e. The highest BCUT2D eigenvalue weighted by atomic mass is 16.4. The number of hydrogen-bond donors (Lipinski definition) is 4. The van der Waals surface area contributed by atoms with Crippen LogP contribution >= 0.6 is 0 Å². The Labute approximate surface area is 171 Å². The molecule has 0 saturated carbocycles.